The van der Waals surface area contributed by atoms with Gasteiger partial charge in [-0.05, 0) is 38.0 Å². The van der Waals surface area contributed by atoms with Gasteiger partial charge in [0.25, 0.3) is 0 Å². The lowest BCUT2D eigenvalue weighted by atomic mass is 10.0. The van der Waals surface area contributed by atoms with Gasteiger partial charge in [-0.2, -0.15) is 0 Å². The molecule has 1 atom stereocenters. The topological polar surface area (TPSA) is 82.7 Å². The molecule has 0 aliphatic heterocycles. The van der Waals surface area contributed by atoms with E-state index in [9.17, 15) is 15.0 Å². The standard InChI is InChI=1S/C15H19NO4/c1-9-6-11-13(10(2)18)8-16(4-3-5-17)14(11)12(7-9)15(19)20/h6-8,10,17-18H,3-5H2,1-2H3,(H,19,20). The molecule has 0 amide bonds. The molecule has 2 aromatic rings. The number of carbonyl (C=O) groups is 1. The van der Waals surface area contributed by atoms with E-state index in [2.05, 4.69) is 0 Å². The van der Waals surface area contributed by atoms with Crippen molar-refractivity contribution in [2.45, 2.75) is 32.9 Å². The van der Waals surface area contributed by atoms with Gasteiger partial charge in [-0.3, -0.25) is 0 Å². The third-order valence-corrected chi connectivity index (χ3v) is 3.39. The minimum Gasteiger partial charge on any atom is -0.478 e. The number of rotatable bonds is 5. The highest BCUT2D eigenvalue weighted by Gasteiger charge is 2.19. The Hall–Kier alpha value is -1.85. The van der Waals surface area contributed by atoms with E-state index in [0.717, 1.165) is 10.9 Å². The van der Waals surface area contributed by atoms with Crippen molar-refractivity contribution in [1.82, 2.24) is 4.57 Å². The average molecular weight is 277 g/mol. The third kappa shape index (κ3) is 2.55. The highest BCUT2D eigenvalue weighted by Crippen LogP contribution is 2.30. The molecule has 0 aliphatic carbocycles. The van der Waals surface area contributed by atoms with Crippen LogP contribution in [0.5, 0.6) is 0 Å². The Morgan fingerprint density at radius 2 is 2.10 bits per heavy atom. The molecule has 20 heavy (non-hydrogen) atoms. The fraction of sp³-hybridized carbons (Fsp3) is 0.400. The summed E-state index contributed by atoms with van der Waals surface area (Å²) in [6, 6.07) is 3.52. The molecule has 2 rings (SSSR count). The Kier molecular flexibility index (Phi) is 4.11. The molecule has 1 aromatic heterocycles. The Morgan fingerprint density at radius 3 is 2.65 bits per heavy atom. The van der Waals surface area contributed by atoms with E-state index in [0.29, 0.717) is 24.0 Å². The zero-order valence-electron chi connectivity index (χ0n) is 11.6. The van der Waals surface area contributed by atoms with Crippen LogP contribution in [0.1, 0.15) is 40.9 Å². The van der Waals surface area contributed by atoms with E-state index in [1.54, 1.807) is 23.8 Å². The lowest BCUT2D eigenvalue weighted by Gasteiger charge is -2.07. The number of carboxylic acids is 1. The first kappa shape index (κ1) is 14.6. The van der Waals surface area contributed by atoms with Crippen LogP contribution in [0, 0.1) is 6.92 Å². The van der Waals surface area contributed by atoms with E-state index in [1.165, 1.54) is 0 Å². The highest BCUT2D eigenvalue weighted by molar-refractivity contribution is 6.04. The van der Waals surface area contributed by atoms with Gasteiger partial charge in [0.15, 0.2) is 0 Å². The Balaban J connectivity index is 2.75. The number of carboxylic acid groups (broad SMARTS) is 1. The number of hydrogen-bond donors (Lipinski definition) is 3. The smallest absolute Gasteiger partial charge is 0.337 e. The summed E-state index contributed by atoms with van der Waals surface area (Å²) in [6.07, 6.45) is 1.64. The van der Waals surface area contributed by atoms with E-state index in [4.69, 9.17) is 5.11 Å². The first-order chi connectivity index (χ1) is 9.45. The lowest BCUT2D eigenvalue weighted by molar-refractivity contribution is 0.0698. The number of aliphatic hydroxyl groups is 2. The molecule has 5 nitrogen and oxygen atoms in total. The molecular formula is C15H19NO4. The van der Waals surface area contributed by atoms with Crippen LogP contribution in [0.25, 0.3) is 10.9 Å². The number of benzene rings is 1. The summed E-state index contributed by atoms with van der Waals surface area (Å²) in [4.78, 5) is 11.4. The van der Waals surface area contributed by atoms with Crippen LogP contribution < -0.4 is 0 Å². The molecule has 1 heterocycles. The van der Waals surface area contributed by atoms with Gasteiger partial charge in [0, 0.05) is 30.3 Å². The van der Waals surface area contributed by atoms with Crippen LogP contribution in [-0.4, -0.2) is 32.5 Å². The summed E-state index contributed by atoms with van der Waals surface area (Å²) in [7, 11) is 0. The minimum absolute atomic E-state index is 0.0396. The van der Waals surface area contributed by atoms with Crippen molar-refractivity contribution in [3.63, 3.8) is 0 Å². The predicted octanol–water partition coefficient (Wildman–Crippen LogP) is 2.08. The SMILES string of the molecule is Cc1cc(C(=O)O)c2c(c1)c(C(C)O)cn2CCCO. The second-order valence-electron chi connectivity index (χ2n) is 5.04. The van der Waals surface area contributed by atoms with E-state index in [1.807, 2.05) is 13.0 Å². The largest absolute Gasteiger partial charge is 0.478 e. The van der Waals surface area contributed by atoms with Crippen LogP contribution in [0.3, 0.4) is 0 Å². The van der Waals surface area contributed by atoms with Crippen LogP contribution >= 0.6 is 0 Å². The molecule has 5 heteroatoms. The molecule has 3 N–H and O–H groups in total. The molecule has 1 unspecified atom stereocenters. The number of nitrogens with zero attached hydrogens (tertiary/aromatic N) is 1. The Morgan fingerprint density at radius 1 is 1.40 bits per heavy atom. The van der Waals surface area contributed by atoms with Crippen molar-refractivity contribution in [3.8, 4) is 0 Å². The molecular weight excluding hydrogens is 258 g/mol. The second kappa shape index (κ2) is 5.64. The molecule has 0 saturated carbocycles. The van der Waals surface area contributed by atoms with Crippen LogP contribution in [0.15, 0.2) is 18.3 Å². The van der Waals surface area contributed by atoms with Gasteiger partial charge in [-0.25, -0.2) is 4.79 Å². The van der Waals surface area contributed by atoms with Gasteiger partial charge in [-0.15, -0.1) is 0 Å². The number of aliphatic hydroxyl groups excluding tert-OH is 2. The van der Waals surface area contributed by atoms with Crippen molar-refractivity contribution in [3.05, 3.63) is 35.0 Å². The maximum atomic E-state index is 11.4. The average Bonchev–Trinajstić information content (AvgIpc) is 2.73. The molecule has 0 bridgehead atoms. The lowest BCUT2D eigenvalue weighted by Crippen LogP contribution is -2.04. The summed E-state index contributed by atoms with van der Waals surface area (Å²) in [5.41, 5.74) is 2.39. The Labute approximate surface area is 117 Å². The van der Waals surface area contributed by atoms with Crippen LogP contribution in [0.4, 0.5) is 0 Å². The maximum Gasteiger partial charge on any atom is 0.337 e. The molecule has 0 fully saturated rings. The summed E-state index contributed by atoms with van der Waals surface area (Å²) >= 11 is 0. The van der Waals surface area contributed by atoms with E-state index in [-0.39, 0.29) is 12.2 Å². The van der Waals surface area contributed by atoms with Crippen LogP contribution in [-0.2, 0) is 6.54 Å². The van der Waals surface area contributed by atoms with Gasteiger partial charge in [0.2, 0.25) is 0 Å². The summed E-state index contributed by atoms with van der Waals surface area (Å²) < 4.78 is 1.80. The third-order valence-electron chi connectivity index (χ3n) is 3.39. The molecule has 0 radical (unpaired) electrons. The van der Waals surface area contributed by atoms with Crippen molar-refractivity contribution in [2.75, 3.05) is 6.61 Å². The highest BCUT2D eigenvalue weighted by atomic mass is 16.4. The second-order valence-corrected chi connectivity index (χ2v) is 5.04. The van der Waals surface area contributed by atoms with Crippen molar-refractivity contribution in [1.29, 1.82) is 0 Å². The van der Waals surface area contributed by atoms with Crippen molar-refractivity contribution >= 4 is 16.9 Å². The van der Waals surface area contributed by atoms with Gasteiger partial charge in [0.05, 0.1) is 17.2 Å². The quantitative estimate of drug-likeness (QED) is 0.781. The van der Waals surface area contributed by atoms with Crippen molar-refractivity contribution < 1.29 is 20.1 Å². The summed E-state index contributed by atoms with van der Waals surface area (Å²) in [6.45, 7) is 4.05. The van der Waals surface area contributed by atoms with Gasteiger partial charge >= 0.3 is 5.97 Å². The summed E-state index contributed by atoms with van der Waals surface area (Å²) in [5.74, 6) is -0.987. The number of fused-ring (bicyclic) bond motifs is 1. The normalized spacial score (nSPS) is 12.8. The number of aryl methyl sites for hydroxylation is 2. The first-order valence-corrected chi connectivity index (χ1v) is 6.61. The van der Waals surface area contributed by atoms with Crippen molar-refractivity contribution in [2.24, 2.45) is 0 Å². The van der Waals surface area contributed by atoms with Gasteiger partial charge < -0.3 is 19.9 Å². The molecule has 108 valence electrons. The monoisotopic (exact) mass is 277 g/mol. The minimum atomic E-state index is -0.987. The summed E-state index contributed by atoms with van der Waals surface area (Å²) in [5, 5.41) is 29.0. The molecule has 1 aromatic carbocycles. The van der Waals surface area contributed by atoms with Gasteiger partial charge in [0.1, 0.15) is 0 Å². The van der Waals surface area contributed by atoms with Crippen LogP contribution in [0.2, 0.25) is 0 Å². The molecule has 0 saturated heterocycles. The fourth-order valence-electron chi connectivity index (χ4n) is 2.52. The predicted molar refractivity (Wildman–Crippen MR) is 76.0 cm³/mol. The zero-order chi connectivity index (χ0) is 14.9. The molecule has 0 aliphatic rings. The number of hydrogen-bond acceptors (Lipinski definition) is 3. The fourth-order valence-corrected chi connectivity index (χ4v) is 2.52. The number of aromatic carboxylic acids is 1. The first-order valence-electron chi connectivity index (χ1n) is 6.61. The maximum absolute atomic E-state index is 11.4. The number of aromatic nitrogens is 1. The van der Waals surface area contributed by atoms with E-state index < -0.39 is 12.1 Å². The van der Waals surface area contributed by atoms with E-state index >= 15 is 0 Å². The Bertz CT molecular complexity index is 643. The zero-order valence-corrected chi connectivity index (χ0v) is 11.6. The van der Waals surface area contributed by atoms with Gasteiger partial charge in [-0.1, -0.05) is 0 Å². The molecule has 0 spiro atoms.